The summed E-state index contributed by atoms with van der Waals surface area (Å²) in [6.07, 6.45) is 1.61. The number of hydrogen-bond donors (Lipinski definition) is 0. The summed E-state index contributed by atoms with van der Waals surface area (Å²) in [5.74, 6) is -1.72. The molecule has 0 radical (unpaired) electrons. The first kappa shape index (κ1) is 11.8. The van der Waals surface area contributed by atoms with E-state index in [0.717, 1.165) is 17.2 Å². The van der Waals surface area contributed by atoms with Crippen LogP contribution in [0.4, 0.5) is 8.78 Å². The number of nitrogens with zero attached hydrogens (tertiary/aromatic N) is 2. The summed E-state index contributed by atoms with van der Waals surface area (Å²) in [4.78, 5) is 4.10. The first-order valence-electron chi connectivity index (χ1n) is 5.99. The van der Waals surface area contributed by atoms with Gasteiger partial charge in [-0.3, -0.25) is 0 Å². The van der Waals surface area contributed by atoms with Crippen LogP contribution in [0.1, 0.15) is 11.1 Å². The van der Waals surface area contributed by atoms with Gasteiger partial charge in [0.25, 0.3) is 0 Å². The fourth-order valence-electron chi connectivity index (χ4n) is 2.15. The molecule has 96 valence electrons. The topological polar surface area (TPSA) is 17.8 Å². The molecule has 19 heavy (non-hydrogen) atoms. The van der Waals surface area contributed by atoms with E-state index in [2.05, 4.69) is 4.98 Å². The van der Waals surface area contributed by atoms with E-state index in [1.54, 1.807) is 6.33 Å². The van der Waals surface area contributed by atoms with E-state index in [-0.39, 0.29) is 0 Å². The van der Waals surface area contributed by atoms with Crippen molar-refractivity contribution < 1.29 is 8.78 Å². The lowest BCUT2D eigenvalue weighted by atomic mass is 10.1. The second kappa shape index (κ2) is 4.46. The number of benzene rings is 2. The Morgan fingerprint density at radius 3 is 2.63 bits per heavy atom. The van der Waals surface area contributed by atoms with Crippen LogP contribution >= 0.6 is 0 Å². The molecule has 3 aromatic rings. The third-order valence-electron chi connectivity index (χ3n) is 3.27. The maximum absolute atomic E-state index is 13.3. The van der Waals surface area contributed by atoms with E-state index in [4.69, 9.17) is 0 Å². The van der Waals surface area contributed by atoms with Crippen molar-refractivity contribution in [1.29, 1.82) is 0 Å². The quantitative estimate of drug-likeness (QED) is 0.685. The normalized spacial score (nSPS) is 11.1. The molecule has 0 saturated carbocycles. The highest BCUT2D eigenvalue weighted by atomic mass is 19.2. The Bertz CT molecular complexity index is 747. The Balaban J connectivity index is 2.07. The highest BCUT2D eigenvalue weighted by molar-refractivity contribution is 5.75. The molecule has 0 saturated heterocycles. The van der Waals surface area contributed by atoms with Crippen molar-refractivity contribution in [1.82, 2.24) is 9.55 Å². The molecule has 0 atom stereocenters. The van der Waals surface area contributed by atoms with Crippen molar-refractivity contribution in [2.45, 2.75) is 13.5 Å². The molecular formula is C15H12F2N2. The molecule has 2 aromatic carbocycles. The summed E-state index contributed by atoms with van der Waals surface area (Å²) in [5.41, 5.74) is 3.35. The zero-order valence-corrected chi connectivity index (χ0v) is 10.4. The van der Waals surface area contributed by atoms with E-state index in [1.807, 2.05) is 35.8 Å². The van der Waals surface area contributed by atoms with Crippen LogP contribution in [0.2, 0.25) is 0 Å². The summed E-state index contributed by atoms with van der Waals surface area (Å²) < 4.78 is 28.3. The Hall–Kier alpha value is -2.23. The maximum Gasteiger partial charge on any atom is 0.161 e. The van der Waals surface area contributed by atoms with Crippen molar-refractivity contribution in [3.8, 4) is 0 Å². The summed E-state index contributed by atoms with van der Waals surface area (Å²) >= 11 is 0. The van der Waals surface area contributed by atoms with Crippen molar-refractivity contribution in [3.63, 3.8) is 0 Å². The number of fused-ring (bicyclic) bond motifs is 1. The molecule has 0 amide bonds. The predicted molar refractivity (Wildman–Crippen MR) is 69.9 cm³/mol. The third kappa shape index (κ3) is 2.10. The van der Waals surface area contributed by atoms with E-state index in [0.29, 0.717) is 17.6 Å². The van der Waals surface area contributed by atoms with E-state index in [1.165, 1.54) is 6.07 Å². The molecule has 1 aromatic heterocycles. The first-order valence-corrected chi connectivity index (χ1v) is 5.99. The minimum atomic E-state index is -0.867. The first-order chi connectivity index (χ1) is 9.15. The second-order valence-corrected chi connectivity index (χ2v) is 4.55. The fraction of sp³-hybridized carbons (Fsp3) is 0.133. The molecule has 0 unspecified atom stereocenters. The lowest BCUT2D eigenvalue weighted by Gasteiger charge is -2.07. The van der Waals surface area contributed by atoms with Crippen LogP contribution in [-0.4, -0.2) is 9.55 Å². The van der Waals surface area contributed by atoms with Gasteiger partial charge in [0.1, 0.15) is 0 Å². The third-order valence-corrected chi connectivity index (χ3v) is 3.27. The van der Waals surface area contributed by atoms with Crippen molar-refractivity contribution in [2.75, 3.05) is 0 Å². The van der Waals surface area contributed by atoms with E-state index >= 15 is 0 Å². The van der Waals surface area contributed by atoms with Gasteiger partial charge in [0.2, 0.25) is 0 Å². The summed E-state index contributed by atoms with van der Waals surface area (Å²) in [6.45, 7) is 2.61. The number of rotatable bonds is 2. The zero-order chi connectivity index (χ0) is 13.4. The number of imidazole rings is 1. The van der Waals surface area contributed by atoms with Crippen LogP contribution < -0.4 is 0 Å². The minimum absolute atomic E-state index is 0.465. The van der Waals surface area contributed by atoms with Crippen molar-refractivity contribution >= 4 is 11.0 Å². The van der Waals surface area contributed by atoms with Gasteiger partial charge >= 0.3 is 0 Å². The Labute approximate surface area is 109 Å². The molecule has 0 aliphatic carbocycles. The molecule has 0 aliphatic heterocycles. The van der Waals surface area contributed by atoms with E-state index < -0.39 is 11.6 Å². The molecule has 3 rings (SSSR count). The maximum atomic E-state index is 13.3. The van der Waals surface area contributed by atoms with Gasteiger partial charge in [0.05, 0.1) is 17.4 Å². The molecule has 4 heteroatoms. The molecule has 1 heterocycles. The molecule has 2 nitrogen and oxygen atoms in total. The van der Waals surface area contributed by atoms with Crippen LogP contribution in [0, 0.1) is 18.6 Å². The SMILES string of the molecule is Cc1ccccc1Cn1cnc2cc(F)c(F)cc21. The molecule has 0 spiro atoms. The molecule has 0 bridgehead atoms. The van der Waals surface area contributed by atoms with Gasteiger partial charge in [-0.1, -0.05) is 24.3 Å². The fourth-order valence-corrected chi connectivity index (χ4v) is 2.15. The Kier molecular flexibility index (Phi) is 2.78. The monoisotopic (exact) mass is 258 g/mol. The van der Waals surface area contributed by atoms with Gasteiger partial charge in [-0.05, 0) is 18.1 Å². The highest BCUT2D eigenvalue weighted by Crippen LogP contribution is 2.19. The van der Waals surface area contributed by atoms with Crippen LogP contribution in [0.5, 0.6) is 0 Å². The average Bonchev–Trinajstić information content (AvgIpc) is 2.76. The molecule has 0 N–H and O–H groups in total. The molecule has 0 aliphatic rings. The van der Waals surface area contributed by atoms with Gasteiger partial charge in [-0.2, -0.15) is 0 Å². The number of aromatic nitrogens is 2. The predicted octanol–water partition coefficient (Wildman–Crippen LogP) is 3.67. The second-order valence-electron chi connectivity index (χ2n) is 4.55. The minimum Gasteiger partial charge on any atom is -0.326 e. The summed E-state index contributed by atoms with van der Waals surface area (Å²) in [5, 5.41) is 0. The number of hydrogen-bond acceptors (Lipinski definition) is 1. The van der Waals surface area contributed by atoms with Crippen LogP contribution in [0.15, 0.2) is 42.7 Å². The summed E-state index contributed by atoms with van der Waals surface area (Å²) in [7, 11) is 0. The largest absolute Gasteiger partial charge is 0.326 e. The van der Waals surface area contributed by atoms with Gasteiger partial charge in [0, 0.05) is 18.7 Å². The smallest absolute Gasteiger partial charge is 0.161 e. The number of aryl methyl sites for hydroxylation is 1. The lowest BCUT2D eigenvalue weighted by molar-refractivity contribution is 0.510. The standard InChI is InChI=1S/C15H12F2N2/c1-10-4-2-3-5-11(10)8-19-9-18-14-6-12(16)13(17)7-15(14)19/h2-7,9H,8H2,1H3. The lowest BCUT2D eigenvalue weighted by Crippen LogP contribution is -2.00. The molecule has 0 fully saturated rings. The van der Waals surface area contributed by atoms with Gasteiger partial charge in [0.15, 0.2) is 11.6 Å². The summed E-state index contributed by atoms with van der Waals surface area (Å²) in [6, 6.07) is 10.3. The molecular weight excluding hydrogens is 246 g/mol. The van der Waals surface area contributed by atoms with Crippen LogP contribution in [0.25, 0.3) is 11.0 Å². The van der Waals surface area contributed by atoms with Crippen molar-refractivity contribution in [3.05, 3.63) is 65.5 Å². The van der Waals surface area contributed by atoms with E-state index in [9.17, 15) is 8.78 Å². The number of halogens is 2. The average molecular weight is 258 g/mol. The van der Waals surface area contributed by atoms with Gasteiger partial charge < -0.3 is 4.57 Å². The van der Waals surface area contributed by atoms with Gasteiger partial charge in [-0.25, -0.2) is 13.8 Å². The Morgan fingerprint density at radius 1 is 1.11 bits per heavy atom. The zero-order valence-electron chi connectivity index (χ0n) is 10.4. The van der Waals surface area contributed by atoms with Crippen LogP contribution in [-0.2, 0) is 6.54 Å². The highest BCUT2D eigenvalue weighted by Gasteiger charge is 2.09. The van der Waals surface area contributed by atoms with Gasteiger partial charge in [-0.15, -0.1) is 0 Å². The van der Waals surface area contributed by atoms with Crippen LogP contribution in [0.3, 0.4) is 0 Å². The Morgan fingerprint density at radius 2 is 1.84 bits per heavy atom. The van der Waals surface area contributed by atoms with Crippen molar-refractivity contribution in [2.24, 2.45) is 0 Å².